The largest absolute Gasteiger partial charge is 0.313 e. The highest BCUT2D eigenvalue weighted by Crippen LogP contribution is 2.24. The van der Waals surface area contributed by atoms with Gasteiger partial charge in [0, 0.05) is 35.2 Å². The summed E-state index contributed by atoms with van der Waals surface area (Å²) in [6.07, 6.45) is 3.64. The second-order valence-electron chi connectivity index (χ2n) is 5.74. The minimum absolute atomic E-state index is 0.580. The average Bonchev–Trinajstić information content (AvgIpc) is 2.56. The van der Waals surface area contributed by atoms with Crippen molar-refractivity contribution in [2.24, 2.45) is 0 Å². The Labute approximate surface area is 132 Å². The monoisotopic (exact) mass is 314 g/mol. The fourth-order valence-corrected chi connectivity index (χ4v) is 3.31. The zero-order valence-electron chi connectivity index (χ0n) is 12.3. The van der Waals surface area contributed by atoms with Crippen molar-refractivity contribution in [2.75, 3.05) is 13.1 Å². The number of rotatable bonds is 4. The van der Waals surface area contributed by atoms with E-state index in [2.05, 4.69) is 24.1 Å². The fraction of sp³-hybridized carbons (Fsp3) is 0.625. The highest BCUT2D eigenvalue weighted by atomic mass is 35.5. The van der Waals surface area contributed by atoms with Crippen molar-refractivity contribution >= 4 is 23.2 Å². The van der Waals surface area contributed by atoms with Gasteiger partial charge in [-0.3, -0.25) is 4.90 Å². The Hall–Kier alpha value is -0.280. The maximum atomic E-state index is 6.31. The van der Waals surface area contributed by atoms with Crippen molar-refractivity contribution in [3.63, 3.8) is 0 Å². The first-order chi connectivity index (χ1) is 9.60. The lowest BCUT2D eigenvalue weighted by Gasteiger charge is -2.29. The molecule has 0 bridgehead atoms. The molecule has 1 aromatic carbocycles. The molecule has 1 aromatic rings. The van der Waals surface area contributed by atoms with E-state index in [-0.39, 0.29) is 0 Å². The Morgan fingerprint density at radius 3 is 2.85 bits per heavy atom. The summed E-state index contributed by atoms with van der Waals surface area (Å²) in [7, 11) is 0. The number of hydrogen-bond donors (Lipinski definition) is 1. The first-order valence-electron chi connectivity index (χ1n) is 7.51. The predicted molar refractivity (Wildman–Crippen MR) is 87.6 cm³/mol. The van der Waals surface area contributed by atoms with Gasteiger partial charge in [-0.2, -0.15) is 0 Å². The zero-order valence-corrected chi connectivity index (χ0v) is 13.8. The van der Waals surface area contributed by atoms with Crippen LogP contribution in [0.25, 0.3) is 0 Å². The van der Waals surface area contributed by atoms with Crippen molar-refractivity contribution < 1.29 is 0 Å². The smallest absolute Gasteiger partial charge is 0.0465 e. The number of nitrogens with one attached hydrogen (secondary N) is 1. The number of benzene rings is 1. The molecule has 1 saturated heterocycles. The summed E-state index contributed by atoms with van der Waals surface area (Å²) >= 11 is 12.3. The van der Waals surface area contributed by atoms with Crippen LogP contribution in [-0.2, 0) is 6.54 Å². The standard InChI is InChI=1S/C16H24Cl2N2/c1-3-4-15-11-20(12(2)7-8-19-15)10-13-5-6-14(17)9-16(13)18/h5-6,9,12,15,19H,3-4,7-8,10-11H2,1-2H3. The van der Waals surface area contributed by atoms with E-state index in [9.17, 15) is 0 Å². The van der Waals surface area contributed by atoms with Gasteiger partial charge in [0.25, 0.3) is 0 Å². The Morgan fingerprint density at radius 2 is 2.15 bits per heavy atom. The molecule has 1 aliphatic rings. The fourth-order valence-electron chi connectivity index (χ4n) is 2.84. The predicted octanol–water partition coefficient (Wildman–Crippen LogP) is 4.35. The molecular weight excluding hydrogens is 291 g/mol. The van der Waals surface area contributed by atoms with Gasteiger partial charge in [0.05, 0.1) is 0 Å². The molecule has 2 rings (SSSR count). The lowest BCUT2D eigenvalue weighted by molar-refractivity contribution is 0.193. The molecule has 0 aromatic heterocycles. The summed E-state index contributed by atoms with van der Waals surface area (Å²) in [5.74, 6) is 0. The molecule has 1 N–H and O–H groups in total. The molecule has 0 amide bonds. The van der Waals surface area contributed by atoms with Gasteiger partial charge in [-0.05, 0) is 44.0 Å². The summed E-state index contributed by atoms with van der Waals surface area (Å²) in [5, 5.41) is 5.13. The van der Waals surface area contributed by atoms with Crippen LogP contribution in [0.15, 0.2) is 18.2 Å². The zero-order chi connectivity index (χ0) is 14.5. The molecule has 2 unspecified atom stereocenters. The van der Waals surface area contributed by atoms with E-state index in [1.165, 1.54) is 24.8 Å². The van der Waals surface area contributed by atoms with Gasteiger partial charge in [0.1, 0.15) is 0 Å². The Morgan fingerprint density at radius 1 is 1.35 bits per heavy atom. The van der Waals surface area contributed by atoms with Gasteiger partial charge in [-0.25, -0.2) is 0 Å². The third-order valence-electron chi connectivity index (χ3n) is 4.10. The molecule has 0 aliphatic carbocycles. The van der Waals surface area contributed by atoms with Crippen LogP contribution < -0.4 is 5.32 Å². The van der Waals surface area contributed by atoms with Crippen molar-refractivity contribution in [2.45, 2.75) is 51.7 Å². The van der Waals surface area contributed by atoms with Gasteiger partial charge in [-0.15, -0.1) is 0 Å². The average molecular weight is 315 g/mol. The van der Waals surface area contributed by atoms with Crippen LogP contribution in [0.4, 0.5) is 0 Å². The highest BCUT2D eigenvalue weighted by molar-refractivity contribution is 6.35. The van der Waals surface area contributed by atoms with Crippen LogP contribution in [0.3, 0.4) is 0 Å². The van der Waals surface area contributed by atoms with Crippen LogP contribution in [0.5, 0.6) is 0 Å². The van der Waals surface area contributed by atoms with Crippen molar-refractivity contribution in [3.8, 4) is 0 Å². The summed E-state index contributed by atoms with van der Waals surface area (Å²) in [5.41, 5.74) is 1.17. The summed E-state index contributed by atoms with van der Waals surface area (Å²) in [4.78, 5) is 2.54. The van der Waals surface area contributed by atoms with Gasteiger partial charge < -0.3 is 5.32 Å². The third kappa shape index (κ3) is 4.36. The van der Waals surface area contributed by atoms with E-state index in [1.807, 2.05) is 18.2 Å². The Bertz CT molecular complexity index is 436. The highest BCUT2D eigenvalue weighted by Gasteiger charge is 2.22. The van der Waals surface area contributed by atoms with Crippen LogP contribution in [-0.4, -0.2) is 30.1 Å². The molecule has 0 radical (unpaired) electrons. The molecule has 1 aliphatic heterocycles. The Kier molecular flexibility index (Phi) is 6.16. The first kappa shape index (κ1) is 16.1. The van der Waals surface area contributed by atoms with E-state index >= 15 is 0 Å². The topological polar surface area (TPSA) is 15.3 Å². The Balaban J connectivity index is 2.07. The molecule has 1 fully saturated rings. The molecule has 0 saturated carbocycles. The summed E-state index contributed by atoms with van der Waals surface area (Å²) < 4.78 is 0. The normalized spacial score (nSPS) is 24.6. The van der Waals surface area contributed by atoms with Gasteiger partial charge in [0.2, 0.25) is 0 Å². The van der Waals surface area contributed by atoms with Gasteiger partial charge >= 0.3 is 0 Å². The van der Waals surface area contributed by atoms with Crippen molar-refractivity contribution in [1.82, 2.24) is 10.2 Å². The molecule has 2 atom stereocenters. The minimum atomic E-state index is 0.580. The first-order valence-corrected chi connectivity index (χ1v) is 8.27. The number of hydrogen-bond acceptors (Lipinski definition) is 2. The minimum Gasteiger partial charge on any atom is -0.313 e. The van der Waals surface area contributed by atoms with Crippen LogP contribution in [0.2, 0.25) is 10.0 Å². The lowest BCUT2D eigenvalue weighted by Crippen LogP contribution is -2.39. The van der Waals surface area contributed by atoms with Gasteiger partial charge in [-0.1, -0.05) is 42.6 Å². The molecule has 2 nitrogen and oxygen atoms in total. The SMILES string of the molecule is CCCC1CN(Cc2ccc(Cl)cc2Cl)C(C)CCN1. The second kappa shape index (κ2) is 7.65. The molecule has 20 heavy (non-hydrogen) atoms. The second-order valence-corrected chi connectivity index (χ2v) is 6.59. The molecule has 0 spiro atoms. The van der Waals surface area contributed by atoms with Crippen LogP contribution in [0, 0.1) is 0 Å². The molecule has 1 heterocycles. The van der Waals surface area contributed by atoms with Crippen LogP contribution >= 0.6 is 23.2 Å². The maximum absolute atomic E-state index is 6.31. The van der Waals surface area contributed by atoms with Crippen molar-refractivity contribution in [1.29, 1.82) is 0 Å². The summed E-state index contributed by atoms with van der Waals surface area (Å²) in [6.45, 7) is 7.65. The number of halogens is 2. The quantitative estimate of drug-likeness (QED) is 0.889. The summed E-state index contributed by atoms with van der Waals surface area (Å²) in [6, 6.07) is 6.98. The van der Waals surface area contributed by atoms with E-state index < -0.39 is 0 Å². The van der Waals surface area contributed by atoms with E-state index in [0.29, 0.717) is 17.1 Å². The maximum Gasteiger partial charge on any atom is 0.0465 e. The van der Waals surface area contributed by atoms with Crippen LogP contribution in [0.1, 0.15) is 38.7 Å². The van der Waals surface area contributed by atoms with Crippen molar-refractivity contribution in [3.05, 3.63) is 33.8 Å². The molecule has 112 valence electrons. The van der Waals surface area contributed by atoms with E-state index in [1.54, 1.807) is 0 Å². The van der Waals surface area contributed by atoms with Gasteiger partial charge in [0.15, 0.2) is 0 Å². The van der Waals surface area contributed by atoms with E-state index in [4.69, 9.17) is 23.2 Å². The third-order valence-corrected chi connectivity index (χ3v) is 4.69. The lowest BCUT2D eigenvalue weighted by atomic mass is 10.1. The molecular formula is C16H24Cl2N2. The number of nitrogens with zero attached hydrogens (tertiary/aromatic N) is 1. The van der Waals surface area contributed by atoms with E-state index in [0.717, 1.165) is 24.7 Å². The molecule has 4 heteroatoms.